The first-order chi connectivity index (χ1) is 12.0. The second-order valence-corrected chi connectivity index (χ2v) is 5.98. The van der Waals surface area contributed by atoms with Gasteiger partial charge in [-0.2, -0.15) is 0 Å². The summed E-state index contributed by atoms with van der Waals surface area (Å²) in [5.74, 6) is -0.892. The molecule has 1 aliphatic heterocycles. The van der Waals surface area contributed by atoms with Crippen LogP contribution in [0.4, 0.5) is 10.1 Å². The number of halogens is 1. The molecule has 2 aromatic rings. The van der Waals surface area contributed by atoms with Gasteiger partial charge < -0.3 is 10.1 Å². The second kappa shape index (κ2) is 7.44. The third-order valence-corrected chi connectivity index (χ3v) is 4.16. The van der Waals surface area contributed by atoms with Gasteiger partial charge in [0.15, 0.2) is 0 Å². The van der Waals surface area contributed by atoms with Crippen molar-refractivity contribution in [2.45, 2.75) is 25.4 Å². The first-order valence-corrected chi connectivity index (χ1v) is 8.12. The van der Waals surface area contributed by atoms with Crippen LogP contribution in [0, 0.1) is 5.82 Å². The van der Waals surface area contributed by atoms with E-state index in [4.69, 9.17) is 4.74 Å². The second-order valence-electron chi connectivity index (χ2n) is 5.98. The summed E-state index contributed by atoms with van der Waals surface area (Å²) in [5.41, 5.74) is 2.03. The SMILES string of the molecule is C[C@H](N[C@H]1CCOC1=O)c1ccc(NC(=O)c2ccc(F)cc2)cc1. The number of amides is 1. The zero-order valence-corrected chi connectivity index (χ0v) is 13.8. The molecule has 1 saturated heterocycles. The zero-order chi connectivity index (χ0) is 17.8. The first kappa shape index (κ1) is 17.1. The van der Waals surface area contributed by atoms with Crippen LogP contribution < -0.4 is 10.6 Å². The minimum absolute atomic E-state index is 0.0162. The van der Waals surface area contributed by atoms with Crippen molar-refractivity contribution in [3.63, 3.8) is 0 Å². The summed E-state index contributed by atoms with van der Waals surface area (Å²) in [6, 6.07) is 12.4. The number of rotatable bonds is 5. The largest absolute Gasteiger partial charge is 0.464 e. The number of nitrogens with one attached hydrogen (secondary N) is 2. The maximum absolute atomic E-state index is 12.9. The van der Waals surface area contributed by atoms with Crippen LogP contribution in [0.1, 0.15) is 35.3 Å². The number of benzene rings is 2. The normalized spacial score (nSPS) is 17.8. The van der Waals surface area contributed by atoms with Gasteiger partial charge in [0.1, 0.15) is 11.9 Å². The monoisotopic (exact) mass is 342 g/mol. The fraction of sp³-hybridized carbons (Fsp3) is 0.263. The van der Waals surface area contributed by atoms with Gasteiger partial charge in [0.2, 0.25) is 0 Å². The van der Waals surface area contributed by atoms with Crippen LogP contribution in [0.5, 0.6) is 0 Å². The topological polar surface area (TPSA) is 67.4 Å². The Hall–Kier alpha value is -2.73. The molecule has 0 unspecified atom stereocenters. The van der Waals surface area contributed by atoms with Gasteiger partial charge in [-0.25, -0.2) is 4.39 Å². The van der Waals surface area contributed by atoms with Crippen molar-refractivity contribution < 1.29 is 18.7 Å². The fourth-order valence-electron chi connectivity index (χ4n) is 2.70. The van der Waals surface area contributed by atoms with E-state index in [2.05, 4.69) is 10.6 Å². The van der Waals surface area contributed by atoms with Gasteiger partial charge in [-0.1, -0.05) is 12.1 Å². The lowest BCUT2D eigenvalue weighted by Gasteiger charge is -2.17. The van der Waals surface area contributed by atoms with E-state index < -0.39 is 0 Å². The molecule has 2 aromatic carbocycles. The standard InChI is InChI=1S/C19H19FN2O3/c1-12(21-17-10-11-25-19(17)24)13-4-8-16(9-5-13)22-18(23)14-2-6-15(20)7-3-14/h2-9,12,17,21H,10-11H2,1H3,(H,22,23)/t12-,17-/m0/s1. The molecule has 3 rings (SSSR count). The van der Waals surface area contributed by atoms with Gasteiger partial charge in [0.25, 0.3) is 5.91 Å². The quantitative estimate of drug-likeness (QED) is 0.820. The smallest absolute Gasteiger partial charge is 0.323 e. The minimum atomic E-state index is -0.381. The van der Waals surface area contributed by atoms with Crippen LogP contribution in [0.2, 0.25) is 0 Å². The lowest BCUT2D eigenvalue weighted by atomic mass is 10.1. The molecule has 1 fully saturated rings. The predicted octanol–water partition coefficient (Wildman–Crippen LogP) is 3.04. The Balaban J connectivity index is 1.60. The highest BCUT2D eigenvalue weighted by molar-refractivity contribution is 6.04. The molecule has 6 heteroatoms. The average Bonchev–Trinajstić information content (AvgIpc) is 3.01. The summed E-state index contributed by atoms with van der Waals surface area (Å²) >= 11 is 0. The molecule has 2 atom stereocenters. The maximum atomic E-state index is 12.9. The van der Waals surface area contributed by atoms with Gasteiger partial charge in [-0.15, -0.1) is 0 Å². The number of carbonyl (C=O) groups excluding carboxylic acids is 2. The van der Waals surface area contributed by atoms with E-state index in [-0.39, 0.29) is 29.8 Å². The molecule has 0 spiro atoms. The van der Waals surface area contributed by atoms with Gasteiger partial charge >= 0.3 is 5.97 Å². The molecule has 0 aliphatic carbocycles. The van der Waals surface area contributed by atoms with Crippen LogP contribution >= 0.6 is 0 Å². The van der Waals surface area contributed by atoms with E-state index in [1.165, 1.54) is 24.3 Å². The van der Waals surface area contributed by atoms with Crippen LogP contribution in [0.3, 0.4) is 0 Å². The van der Waals surface area contributed by atoms with Gasteiger partial charge in [0, 0.05) is 23.7 Å². The number of cyclic esters (lactones) is 1. The first-order valence-electron chi connectivity index (χ1n) is 8.12. The van der Waals surface area contributed by atoms with Gasteiger partial charge in [0.05, 0.1) is 6.61 Å². The van der Waals surface area contributed by atoms with E-state index in [9.17, 15) is 14.0 Å². The highest BCUT2D eigenvalue weighted by atomic mass is 19.1. The van der Waals surface area contributed by atoms with E-state index in [0.29, 0.717) is 24.3 Å². The predicted molar refractivity (Wildman–Crippen MR) is 91.7 cm³/mol. The molecule has 0 radical (unpaired) electrons. The van der Waals surface area contributed by atoms with Crippen molar-refractivity contribution >= 4 is 17.6 Å². The summed E-state index contributed by atoms with van der Waals surface area (Å²) in [7, 11) is 0. The highest BCUT2D eigenvalue weighted by Crippen LogP contribution is 2.19. The van der Waals surface area contributed by atoms with Crippen molar-refractivity contribution in [3.8, 4) is 0 Å². The van der Waals surface area contributed by atoms with E-state index in [1.54, 1.807) is 12.1 Å². The zero-order valence-electron chi connectivity index (χ0n) is 13.8. The van der Waals surface area contributed by atoms with Crippen molar-refractivity contribution in [2.24, 2.45) is 0 Å². The number of ether oxygens (including phenoxy) is 1. The molecular formula is C19H19FN2O3. The van der Waals surface area contributed by atoms with Gasteiger partial charge in [-0.05, 0) is 48.9 Å². The summed E-state index contributed by atoms with van der Waals surface area (Å²) in [6.45, 7) is 2.43. The van der Waals surface area contributed by atoms with Crippen molar-refractivity contribution in [3.05, 3.63) is 65.5 Å². The lowest BCUT2D eigenvalue weighted by molar-refractivity contribution is -0.139. The van der Waals surface area contributed by atoms with E-state index >= 15 is 0 Å². The average molecular weight is 342 g/mol. The number of hydrogen-bond donors (Lipinski definition) is 2. The van der Waals surface area contributed by atoms with Crippen LogP contribution in [-0.4, -0.2) is 24.5 Å². The number of anilines is 1. The molecule has 1 aliphatic rings. The summed E-state index contributed by atoms with van der Waals surface area (Å²) in [6.07, 6.45) is 0.676. The Morgan fingerprint density at radius 3 is 2.44 bits per heavy atom. The molecular weight excluding hydrogens is 323 g/mol. The Labute approximate surface area is 145 Å². The maximum Gasteiger partial charge on any atom is 0.323 e. The molecule has 2 N–H and O–H groups in total. The van der Waals surface area contributed by atoms with Crippen molar-refractivity contribution in [1.29, 1.82) is 0 Å². The van der Waals surface area contributed by atoms with Crippen molar-refractivity contribution in [2.75, 3.05) is 11.9 Å². The fourth-order valence-corrected chi connectivity index (χ4v) is 2.70. The van der Waals surface area contributed by atoms with Crippen LogP contribution in [-0.2, 0) is 9.53 Å². The molecule has 1 amide bonds. The summed E-state index contributed by atoms with van der Waals surface area (Å²) in [4.78, 5) is 23.6. The molecule has 130 valence electrons. The molecule has 25 heavy (non-hydrogen) atoms. The number of hydrogen-bond acceptors (Lipinski definition) is 4. The van der Waals surface area contributed by atoms with Gasteiger partial charge in [-0.3, -0.25) is 14.9 Å². The van der Waals surface area contributed by atoms with E-state index in [0.717, 1.165) is 5.56 Å². The van der Waals surface area contributed by atoms with Crippen LogP contribution in [0.15, 0.2) is 48.5 Å². The molecule has 0 aromatic heterocycles. The Bertz CT molecular complexity index is 759. The summed E-state index contributed by atoms with van der Waals surface area (Å²) in [5, 5.41) is 6.01. The lowest BCUT2D eigenvalue weighted by Crippen LogP contribution is -2.35. The third-order valence-electron chi connectivity index (χ3n) is 4.16. The Morgan fingerprint density at radius 2 is 1.84 bits per heavy atom. The number of esters is 1. The Kier molecular flexibility index (Phi) is 5.09. The highest BCUT2D eigenvalue weighted by Gasteiger charge is 2.27. The number of carbonyl (C=O) groups is 2. The van der Waals surface area contributed by atoms with Crippen molar-refractivity contribution in [1.82, 2.24) is 5.32 Å². The molecule has 0 saturated carbocycles. The molecule has 1 heterocycles. The molecule has 0 bridgehead atoms. The Morgan fingerprint density at radius 1 is 1.16 bits per heavy atom. The minimum Gasteiger partial charge on any atom is -0.464 e. The third kappa shape index (κ3) is 4.22. The summed E-state index contributed by atoms with van der Waals surface area (Å²) < 4.78 is 17.8. The van der Waals surface area contributed by atoms with Crippen LogP contribution in [0.25, 0.3) is 0 Å². The van der Waals surface area contributed by atoms with E-state index in [1.807, 2.05) is 19.1 Å². The molecule has 5 nitrogen and oxygen atoms in total.